The number of methoxy groups -OCH3 is 1. The number of nitrogens with zero attached hydrogens (tertiary/aromatic N) is 3. The molecule has 3 saturated heterocycles. The van der Waals surface area contributed by atoms with Crippen molar-refractivity contribution in [3.8, 4) is 17.0 Å². The van der Waals surface area contributed by atoms with E-state index in [2.05, 4.69) is 26.1 Å². The number of benzene rings is 1. The highest BCUT2D eigenvalue weighted by atomic mass is 16.5. The van der Waals surface area contributed by atoms with E-state index < -0.39 is 0 Å². The fourth-order valence-corrected chi connectivity index (χ4v) is 7.16. The Morgan fingerprint density at radius 3 is 2.85 bits per heavy atom. The maximum atomic E-state index is 13.8. The molecule has 2 bridgehead atoms. The number of piperidine rings is 3. The van der Waals surface area contributed by atoms with Gasteiger partial charge in [0.2, 0.25) is 5.91 Å². The molecule has 1 aliphatic carbocycles. The molecule has 1 N–H and O–H groups in total. The Labute approximate surface area is 202 Å². The Hall–Kier alpha value is -2.60. The topological polar surface area (TPSA) is 61.5 Å². The Balaban J connectivity index is 1.25. The minimum atomic E-state index is 0.245. The summed E-state index contributed by atoms with van der Waals surface area (Å²) in [6.07, 6.45) is 10.5. The molecule has 1 aromatic heterocycles. The molecule has 4 heterocycles. The lowest BCUT2D eigenvalue weighted by Gasteiger charge is -2.54. The van der Waals surface area contributed by atoms with Crippen molar-refractivity contribution in [2.45, 2.75) is 64.0 Å². The van der Waals surface area contributed by atoms with Gasteiger partial charge in [0.15, 0.2) is 0 Å². The second-order valence-electron chi connectivity index (χ2n) is 10.7. The average molecular weight is 461 g/mol. The lowest BCUT2D eigenvalue weighted by atomic mass is 9.68. The second kappa shape index (κ2) is 8.88. The molecule has 0 saturated carbocycles. The van der Waals surface area contributed by atoms with E-state index in [-0.39, 0.29) is 11.9 Å². The van der Waals surface area contributed by atoms with Gasteiger partial charge >= 0.3 is 0 Å². The normalized spacial score (nSPS) is 28.6. The van der Waals surface area contributed by atoms with Crippen molar-refractivity contribution in [3.63, 3.8) is 0 Å². The number of amides is 1. The summed E-state index contributed by atoms with van der Waals surface area (Å²) in [5.41, 5.74) is 5.42. The van der Waals surface area contributed by atoms with E-state index >= 15 is 0 Å². The first kappa shape index (κ1) is 21.9. The molecular formula is C28H36N4O2. The van der Waals surface area contributed by atoms with E-state index in [1.54, 1.807) is 12.7 Å². The third kappa shape index (κ3) is 3.76. The minimum Gasteiger partial charge on any atom is -0.497 e. The van der Waals surface area contributed by atoms with Gasteiger partial charge in [0.1, 0.15) is 5.75 Å². The second-order valence-corrected chi connectivity index (χ2v) is 10.7. The van der Waals surface area contributed by atoms with Crippen LogP contribution in [-0.4, -0.2) is 64.7 Å². The van der Waals surface area contributed by atoms with Crippen LogP contribution in [0.25, 0.3) is 11.3 Å². The lowest BCUT2D eigenvalue weighted by molar-refractivity contribution is -0.135. The highest BCUT2D eigenvalue weighted by Gasteiger charge is 2.46. The summed E-state index contributed by atoms with van der Waals surface area (Å²) in [7, 11) is 1.67. The molecule has 2 aromatic rings. The van der Waals surface area contributed by atoms with Crippen LogP contribution in [0, 0.1) is 18.8 Å². The minimum absolute atomic E-state index is 0.245. The number of aromatic nitrogens is 2. The van der Waals surface area contributed by atoms with Crippen LogP contribution in [0.4, 0.5) is 0 Å². The van der Waals surface area contributed by atoms with E-state index in [1.165, 1.54) is 32.2 Å². The SMILES string of the molecule is COc1ccc(-c2n[nH]c(C)c2CC(=O)N2CCCC3=C[C@H]4C[C@@H](CN5CCCC[C@H]45)[C@H]32)cc1. The number of aryl methyl sites for hydroxylation is 1. The fourth-order valence-electron chi connectivity index (χ4n) is 7.16. The van der Waals surface area contributed by atoms with Gasteiger partial charge in [-0.25, -0.2) is 0 Å². The van der Waals surface area contributed by atoms with Crippen LogP contribution in [-0.2, 0) is 11.2 Å². The summed E-state index contributed by atoms with van der Waals surface area (Å²) in [6.45, 7) is 5.29. The Kier molecular flexibility index (Phi) is 5.72. The highest BCUT2D eigenvalue weighted by Crippen LogP contribution is 2.45. The molecule has 6 rings (SSSR count). The molecule has 0 spiro atoms. The van der Waals surface area contributed by atoms with E-state index in [4.69, 9.17) is 4.74 Å². The van der Waals surface area contributed by atoms with Gasteiger partial charge in [0, 0.05) is 36.0 Å². The Morgan fingerprint density at radius 1 is 1.18 bits per heavy atom. The van der Waals surface area contributed by atoms with Crippen LogP contribution in [0.1, 0.15) is 49.8 Å². The first-order valence-electron chi connectivity index (χ1n) is 13.0. The number of hydrogen-bond donors (Lipinski definition) is 1. The van der Waals surface area contributed by atoms with E-state index in [9.17, 15) is 4.79 Å². The van der Waals surface area contributed by atoms with Crippen LogP contribution >= 0.6 is 0 Å². The molecule has 1 aromatic carbocycles. The molecule has 34 heavy (non-hydrogen) atoms. The summed E-state index contributed by atoms with van der Waals surface area (Å²) in [5, 5.41) is 7.69. The van der Waals surface area contributed by atoms with Crippen molar-refractivity contribution in [2.75, 3.05) is 26.7 Å². The van der Waals surface area contributed by atoms with Crippen LogP contribution in [0.5, 0.6) is 5.75 Å². The van der Waals surface area contributed by atoms with Crippen molar-refractivity contribution in [3.05, 3.63) is 47.2 Å². The maximum Gasteiger partial charge on any atom is 0.227 e. The predicted molar refractivity (Wildman–Crippen MR) is 133 cm³/mol. The van der Waals surface area contributed by atoms with Gasteiger partial charge < -0.3 is 9.64 Å². The van der Waals surface area contributed by atoms with Gasteiger partial charge in [-0.15, -0.1) is 0 Å². The molecule has 0 radical (unpaired) electrons. The zero-order valence-electron chi connectivity index (χ0n) is 20.4. The summed E-state index contributed by atoms with van der Waals surface area (Å²) >= 11 is 0. The largest absolute Gasteiger partial charge is 0.497 e. The number of nitrogens with one attached hydrogen (secondary N) is 1. The Morgan fingerprint density at radius 2 is 2.03 bits per heavy atom. The summed E-state index contributed by atoms with van der Waals surface area (Å²) in [6, 6.07) is 8.96. The van der Waals surface area contributed by atoms with Crippen molar-refractivity contribution in [2.24, 2.45) is 11.8 Å². The molecule has 4 atom stereocenters. The summed E-state index contributed by atoms with van der Waals surface area (Å²) in [5.74, 6) is 2.34. The smallest absolute Gasteiger partial charge is 0.227 e. The zero-order valence-corrected chi connectivity index (χ0v) is 20.4. The first-order chi connectivity index (χ1) is 16.6. The van der Waals surface area contributed by atoms with Gasteiger partial charge in [0.05, 0.1) is 25.3 Å². The highest BCUT2D eigenvalue weighted by molar-refractivity contribution is 5.82. The number of hydrogen-bond acceptors (Lipinski definition) is 4. The number of aromatic amines is 1. The molecule has 3 fully saturated rings. The average Bonchev–Trinajstić information content (AvgIpc) is 3.23. The van der Waals surface area contributed by atoms with E-state index in [1.807, 2.05) is 31.2 Å². The molecule has 0 unspecified atom stereocenters. The number of fused-ring (bicyclic) bond motifs is 6. The number of carbonyl (C=O) groups is 1. The van der Waals surface area contributed by atoms with Crippen molar-refractivity contribution in [1.29, 1.82) is 0 Å². The zero-order chi connectivity index (χ0) is 23.2. The summed E-state index contributed by atoms with van der Waals surface area (Å²) in [4.78, 5) is 18.8. The van der Waals surface area contributed by atoms with Crippen LogP contribution in [0.3, 0.4) is 0 Å². The monoisotopic (exact) mass is 460 g/mol. The van der Waals surface area contributed by atoms with E-state index in [0.717, 1.165) is 60.2 Å². The number of ether oxygens (including phenoxy) is 1. The fraction of sp³-hybridized carbons (Fsp3) is 0.571. The molecular weight excluding hydrogens is 424 g/mol. The standard InChI is InChI=1S/C28H36N4O2/c1-18-24(27(30-29-18)19-8-10-23(34-2)11-9-19)16-26(33)32-13-5-6-20-14-21-15-22(28(20)32)17-31-12-4-3-7-25(21)31/h8-11,14,21-22,25,28H,3-7,12-13,15-17H2,1-2H3,(H,29,30)/t21-,22-,25+,28-/m0/s1. The van der Waals surface area contributed by atoms with Crippen LogP contribution in [0.2, 0.25) is 0 Å². The van der Waals surface area contributed by atoms with Crippen molar-refractivity contribution >= 4 is 5.91 Å². The van der Waals surface area contributed by atoms with Gasteiger partial charge in [-0.3, -0.25) is 14.8 Å². The third-order valence-corrected chi connectivity index (χ3v) is 8.74. The predicted octanol–water partition coefficient (Wildman–Crippen LogP) is 4.36. The number of carbonyl (C=O) groups excluding carboxylic acids is 1. The Bertz CT molecular complexity index is 1090. The first-order valence-corrected chi connectivity index (χ1v) is 13.0. The number of rotatable bonds is 4. The molecule has 180 valence electrons. The molecule has 6 heteroatoms. The molecule has 4 aliphatic rings. The quantitative estimate of drug-likeness (QED) is 0.689. The molecule has 1 amide bonds. The lowest BCUT2D eigenvalue weighted by Crippen LogP contribution is -2.60. The van der Waals surface area contributed by atoms with E-state index in [0.29, 0.717) is 18.3 Å². The summed E-state index contributed by atoms with van der Waals surface area (Å²) < 4.78 is 5.30. The third-order valence-electron chi connectivity index (χ3n) is 8.74. The van der Waals surface area contributed by atoms with Gasteiger partial charge in [-0.2, -0.15) is 5.10 Å². The molecule has 6 nitrogen and oxygen atoms in total. The maximum absolute atomic E-state index is 13.8. The van der Waals surface area contributed by atoms with Crippen molar-refractivity contribution in [1.82, 2.24) is 20.0 Å². The van der Waals surface area contributed by atoms with Gasteiger partial charge in [0.25, 0.3) is 0 Å². The number of H-pyrrole nitrogens is 1. The van der Waals surface area contributed by atoms with Crippen LogP contribution < -0.4 is 4.74 Å². The van der Waals surface area contributed by atoms with Gasteiger partial charge in [-0.1, -0.05) is 18.1 Å². The van der Waals surface area contributed by atoms with Crippen molar-refractivity contribution < 1.29 is 9.53 Å². The number of likely N-dealkylation sites (tertiary alicyclic amines) is 1. The molecule has 3 aliphatic heterocycles. The van der Waals surface area contributed by atoms with Crippen LogP contribution in [0.15, 0.2) is 35.9 Å². The van der Waals surface area contributed by atoms with Gasteiger partial charge in [-0.05, 0) is 81.7 Å².